The molecule has 0 fully saturated rings. The maximum atomic E-state index is 13.1. The van der Waals surface area contributed by atoms with E-state index in [0.29, 0.717) is 5.65 Å². The Kier molecular flexibility index (Phi) is 1.73. The smallest absolute Gasteiger partial charge is 0.354 e. The highest BCUT2D eigenvalue weighted by molar-refractivity contribution is 5.86. The summed E-state index contributed by atoms with van der Waals surface area (Å²) in [6.45, 7) is 1.51. The van der Waals surface area contributed by atoms with Crippen LogP contribution < -0.4 is 0 Å². The van der Waals surface area contributed by atoms with Crippen molar-refractivity contribution >= 4 is 11.6 Å². The van der Waals surface area contributed by atoms with Gasteiger partial charge in [-0.2, -0.15) is 0 Å². The molecule has 2 aromatic heterocycles. The van der Waals surface area contributed by atoms with Gasteiger partial charge in [0.05, 0.1) is 11.9 Å². The van der Waals surface area contributed by atoms with Crippen LogP contribution in [0.25, 0.3) is 5.65 Å². The number of halogens is 1. The molecule has 0 aromatic carbocycles. The zero-order valence-electron chi connectivity index (χ0n) is 7.36. The summed E-state index contributed by atoms with van der Waals surface area (Å²) in [6, 6.07) is 2.71. The number of aromatic nitrogens is 2. The van der Waals surface area contributed by atoms with Crippen molar-refractivity contribution in [1.29, 1.82) is 0 Å². The van der Waals surface area contributed by atoms with Crippen LogP contribution in [0, 0.1) is 12.7 Å². The fraction of sp³-hybridized carbons (Fsp3) is 0.111. The van der Waals surface area contributed by atoms with Crippen molar-refractivity contribution in [3.8, 4) is 0 Å². The molecule has 0 spiro atoms. The van der Waals surface area contributed by atoms with Crippen LogP contribution in [0.3, 0.4) is 0 Å². The molecule has 2 heterocycles. The van der Waals surface area contributed by atoms with Crippen LogP contribution in [0.4, 0.5) is 4.39 Å². The minimum atomic E-state index is -1.12. The number of fused-ring (bicyclic) bond motifs is 1. The van der Waals surface area contributed by atoms with Gasteiger partial charge in [0.15, 0.2) is 5.69 Å². The van der Waals surface area contributed by atoms with Gasteiger partial charge >= 0.3 is 5.97 Å². The fourth-order valence-electron chi connectivity index (χ4n) is 1.36. The molecule has 72 valence electrons. The summed E-state index contributed by atoms with van der Waals surface area (Å²) >= 11 is 0. The SMILES string of the molecule is Cc1c(F)ccc2ncc(C(=O)O)n12. The molecule has 0 atom stereocenters. The maximum Gasteiger partial charge on any atom is 0.354 e. The summed E-state index contributed by atoms with van der Waals surface area (Å²) < 4.78 is 14.4. The van der Waals surface area contributed by atoms with Crippen molar-refractivity contribution < 1.29 is 14.3 Å². The van der Waals surface area contributed by atoms with Crippen molar-refractivity contribution in [3.63, 3.8) is 0 Å². The first kappa shape index (κ1) is 8.68. The van der Waals surface area contributed by atoms with Gasteiger partial charge in [-0.1, -0.05) is 0 Å². The van der Waals surface area contributed by atoms with Crippen molar-refractivity contribution in [2.75, 3.05) is 0 Å². The second-order valence-corrected chi connectivity index (χ2v) is 2.91. The van der Waals surface area contributed by atoms with E-state index in [1.54, 1.807) is 0 Å². The van der Waals surface area contributed by atoms with E-state index in [2.05, 4.69) is 4.98 Å². The molecule has 4 nitrogen and oxygen atoms in total. The molecule has 0 unspecified atom stereocenters. The van der Waals surface area contributed by atoms with E-state index in [1.165, 1.54) is 29.7 Å². The number of pyridine rings is 1. The Morgan fingerprint density at radius 2 is 2.29 bits per heavy atom. The van der Waals surface area contributed by atoms with E-state index in [1.807, 2.05) is 0 Å². The molecule has 0 bridgehead atoms. The second kappa shape index (κ2) is 2.80. The van der Waals surface area contributed by atoms with Gasteiger partial charge < -0.3 is 5.11 Å². The summed E-state index contributed by atoms with van der Waals surface area (Å²) in [5.41, 5.74) is 0.649. The molecular weight excluding hydrogens is 187 g/mol. The first-order valence-electron chi connectivity index (χ1n) is 3.97. The molecule has 0 amide bonds. The lowest BCUT2D eigenvalue weighted by atomic mass is 10.3. The van der Waals surface area contributed by atoms with E-state index in [0.717, 1.165) is 0 Å². The Balaban J connectivity index is 2.89. The fourth-order valence-corrected chi connectivity index (χ4v) is 1.36. The van der Waals surface area contributed by atoms with Crippen LogP contribution in [-0.2, 0) is 0 Å². The maximum absolute atomic E-state index is 13.1. The quantitative estimate of drug-likeness (QED) is 0.748. The van der Waals surface area contributed by atoms with Crippen LogP contribution in [0.2, 0.25) is 0 Å². The molecule has 0 aliphatic rings. The largest absolute Gasteiger partial charge is 0.477 e. The third-order valence-corrected chi connectivity index (χ3v) is 2.07. The van der Waals surface area contributed by atoms with Gasteiger partial charge in [-0.25, -0.2) is 14.2 Å². The van der Waals surface area contributed by atoms with E-state index >= 15 is 0 Å². The third kappa shape index (κ3) is 1.06. The van der Waals surface area contributed by atoms with E-state index in [4.69, 9.17) is 5.11 Å². The lowest BCUT2D eigenvalue weighted by Crippen LogP contribution is -2.05. The highest BCUT2D eigenvalue weighted by Gasteiger charge is 2.13. The van der Waals surface area contributed by atoms with Crippen LogP contribution in [0.5, 0.6) is 0 Å². The van der Waals surface area contributed by atoms with Gasteiger partial charge in [0.2, 0.25) is 0 Å². The first-order valence-corrected chi connectivity index (χ1v) is 3.97. The summed E-state index contributed by atoms with van der Waals surface area (Å²) in [7, 11) is 0. The average molecular weight is 194 g/mol. The lowest BCUT2D eigenvalue weighted by molar-refractivity contribution is 0.0689. The molecule has 0 aliphatic carbocycles. The predicted octanol–water partition coefficient (Wildman–Crippen LogP) is 1.48. The third-order valence-electron chi connectivity index (χ3n) is 2.07. The van der Waals surface area contributed by atoms with Gasteiger partial charge in [-0.15, -0.1) is 0 Å². The molecule has 0 aliphatic heterocycles. The number of carboxylic acid groups (broad SMARTS) is 1. The van der Waals surface area contributed by atoms with Crippen LogP contribution in [0.1, 0.15) is 16.2 Å². The van der Waals surface area contributed by atoms with Crippen molar-refractivity contribution in [2.24, 2.45) is 0 Å². The monoisotopic (exact) mass is 194 g/mol. The van der Waals surface area contributed by atoms with Gasteiger partial charge in [0.25, 0.3) is 0 Å². The van der Waals surface area contributed by atoms with Crippen molar-refractivity contribution in [2.45, 2.75) is 6.92 Å². The number of aromatic carboxylic acids is 1. The molecular formula is C9H7FN2O2. The number of carboxylic acids is 1. The van der Waals surface area contributed by atoms with Crippen LogP contribution >= 0.6 is 0 Å². The molecule has 5 heteroatoms. The van der Waals surface area contributed by atoms with Crippen molar-refractivity contribution in [1.82, 2.24) is 9.38 Å². The van der Waals surface area contributed by atoms with Crippen molar-refractivity contribution in [3.05, 3.63) is 35.5 Å². The Morgan fingerprint density at radius 3 is 2.93 bits per heavy atom. The summed E-state index contributed by atoms with van der Waals surface area (Å²) in [5.74, 6) is -1.57. The molecule has 1 N–H and O–H groups in total. The zero-order valence-corrected chi connectivity index (χ0v) is 7.36. The highest BCUT2D eigenvalue weighted by atomic mass is 19.1. The minimum absolute atomic E-state index is 0.0306. The lowest BCUT2D eigenvalue weighted by Gasteiger charge is -2.02. The molecule has 14 heavy (non-hydrogen) atoms. The molecule has 0 saturated heterocycles. The topological polar surface area (TPSA) is 54.6 Å². The number of imidazole rings is 1. The molecule has 2 rings (SSSR count). The number of nitrogens with zero attached hydrogens (tertiary/aromatic N) is 2. The standard InChI is InChI=1S/C9H7FN2O2/c1-5-6(10)2-3-8-11-4-7(9(13)14)12(5)8/h2-4H,1H3,(H,13,14). The van der Waals surface area contributed by atoms with Gasteiger partial charge in [-0.05, 0) is 19.1 Å². The van der Waals surface area contributed by atoms with E-state index in [9.17, 15) is 9.18 Å². The normalized spacial score (nSPS) is 10.7. The Bertz CT molecular complexity index is 519. The van der Waals surface area contributed by atoms with E-state index in [-0.39, 0.29) is 11.4 Å². The Morgan fingerprint density at radius 1 is 1.57 bits per heavy atom. The minimum Gasteiger partial charge on any atom is -0.477 e. The van der Waals surface area contributed by atoms with Gasteiger partial charge in [0.1, 0.15) is 11.5 Å². The van der Waals surface area contributed by atoms with Gasteiger partial charge in [-0.3, -0.25) is 4.40 Å². The Hall–Kier alpha value is -1.91. The number of carbonyl (C=O) groups is 1. The van der Waals surface area contributed by atoms with Crippen LogP contribution in [0.15, 0.2) is 18.3 Å². The van der Waals surface area contributed by atoms with Crippen LogP contribution in [-0.4, -0.2) is 20.5 Å². The number of rotatable bonds is 1. The zero-order chi connectivity index (χ0) is 10.3. The summed E-state index contributed by atoms with van der Waals surface area (Å²) in [5, 5.41) is 8.80. The molecule has 0 radical (unpaired) electrons. The van der Waals surface area contributed by atoms with Gasteiger partial charge in [0, 0.05) is 0 Å². The van der Waals surface area contributed by atoms with E-state index < -0.39 is 11.8 Å². The number of hydrogen-bond acceptors (Lipinski definition) is 2. The number of hydrogen-bond donors (Lipinski definition) is 1. The Labute approximate surface area is 78.6 Å². The second-order valence-electron chi connectivity index (χ2n) is 2.91. The predicted molar refractivity (Wildman–Crippen MR) is 46.8 cm³/mol. The first-order chi connectivity index (χ1) is 6.61. The summed E-state index contributed by atoms with van der Waals surface area (Å²) in [6.07, 6.45) is 1.21. The average Bonchev–Trinajstić information content (AvgIpc) is 2.55. The summed E-state index contributed by atoms with van der Waals surface area (Å²) in [4.78, 5) is 14.6. The molecule has 2 aromatic rings. The highest BCUT2D eigenvalue weighted by Crippen LogP contribution is 2.13. The molecule has 0 saturated carbocycles. The number of aryl methyl sites for hydroxylation is 1.